The first kappa shape index (κ1) is 13.3. The van der Waals surface area contributed by atoms with Crippen molar-refractivity contribution in [2.45, 2.75) is 26.8 Å². The zero-order chi connectivity index (χ0) is 14.3. The number of rotatable bonds is 3. The molecule has 0 aromatic heterocycles. The van der Waals surface area contributed by atoms with Crippen molar-refractivity contribution in [2.75, 3.05) is 0 Å². The van der Waals surface area contributed by atoms with E-state index in [2.05, 4.69) is 0 Å². The first-order valence-electron chi connectivity index (χ1n) is 6.09. The number of imide groups is 1. The lowest BCUT2D eigenvalue weighted by Gasteiger charge is -2.25. The molecule has 0 saturated heterocycles. The van der Waals surface area contributed by atoms with Gasteiger partial charge in [0.05, 0.1) is 16.7 Å². The fourth-order valence-corrected chi connectivity index (χ4v) is 2.06. The predicted molar refractivity (Wildman–Crippen MR) is 68.2 cm³/mol. The molecule has 0 radical (unpaired) electrons. The summed E-state index contributed by atoms with van der Waals surface area (Å²) in [6.07, 6.45) is 0. The number of nitrogens with zero attached hydrogens (tertiary/aromatic N) is 1. The quantitative estimate of drug-likeness (QED) is 0.845. The van der Waals surface area contributed by atoms with Crippen LogP contribution < -0.4 is 0 Å². The van der Waals surface area contributed by atoms with Crippen LogP contribution in [0.5, 0.6) is 0 Å². The number of hydrogen-bond acceptors (Lipinski definition) is 3. The molecule has 0 aliphatic carbocycles. The van der Waals surface area contributed by atoms with E-state index in [1.54, 1.807) is 0 Å². The standard InChI is InChI=1S/C14H15NO4/c1-7(2)8(3)15-12(16)10-5-4-9(14(18)19)6-11(10)13(15)17/h4-8H,1-3H3,(H,18,19). The van der Waals surface area contributed by atoms with E-state index in [0.717, 1.165) is 0 Å². The first-order valence-corrected chi connectivity index (χ1v) is 6.09. The van der Waals surface area contributed by atoms with E-state index in [1.807, 2.05) is 20.8 Å². The number of fused-ring (bicyclic) bond motifs is 1. The monoisotopic (exact) mass is 261 g/mol. The van der Waals surface area contributed by atoms with Crippen molar-refractivity contribution in [3.63, 3.8) is 0 Å². The molecule has 1 heterocycles. The molecule has 5 nitrogen and oxygen atoms in total. The number of hydrogen-bond donors (Lipinski definition) is 1. The Hall–Kier alpha value is -2.17. The van der Waals surface area contributed by atoms with Gasteiger partial charge in [0, 0.05) is 6.04 Å². The summed E-state index contributed by atoms with van der Waals surface area (Å²) in [5.74, 6) is -1.73. The summed E-state index contributed by atoms with van der Waals surface area (Å²) in [7, 11) is 0. The van der Waals surface area contributed by atoms with Crippen LogP contribution in [0.15, 0.2) is 18.2 Å². The second-order valence-corrected chi connectivity index (χ2v) is 5.03. The summed E-state index contributed by atoms with van der Waals surface area (Å²) in [6, 6.07) is 3.80. The Morgan fingerprint density at radius 2 is 1.68 bits per heavy atom. The molecule has 100 valence electrons. The molecule has 1 aliphatic rings. The second-order valence-electron chi connectivity index (χ2n) is 5.03. The van der Waals surface area contributed by atoms with Gasteiger partial charge in [0.15, 0.2) is 0 Å². The van der Waals surface area contributed by atoms with Crippen LogP contribution in [0, 0.1) is 5.92 Å². The molecular weight excluding hydrogens is 246 g/mol. The molecule has 1 aromatic rings. The summed E-state index contributed by atoms with van der Waals surface area (Å²) in [5.41, 5.74) is 0.471. The van der Waals surface area contributed by atoms with Crippen LogP contribution in [-0.2, 0) is 0 Å². The Kier molecular flexibility index (Phi) is 3.14. The maximum atomic E-state index is 12.2. The minimum absolute atomic E-state index is 0.0129. The molecule has 5 heteroatoms. The molecule has 0 saturated carbocycles. The lowest BCUT2D eigenvalue weighted by molar-refractivity contribution is 0.0558. The van der Waals surface area contributed by atoms with Crippen molar-refractivity contribution in [3.8, 4) is 0 Å². The normalized spacial score (nSPS) is 15.9. The van der Waals surface area contributed by atoms with Crippen molar-refractivity contribution in [1.82, 2.24) is 4.90 Å². The molecule has 1 aromatic carbocycles. The minimum Gasteiger partial charge on any atom is -0.478 e. The fraction of sp³-hybridized carbons (Fsp3) is 0.357. The van der Waals surface area contributed by atoms with Crippen LogP contribution in [0.2, 0.25) is 0 Å². The van der Waals surface area contributed by atoms with Gasteiger partial charge in [-0.25, -0.2) is 4.79 Å². The molecule has 2 amide bonds. The molecule has 1 N–H and O–H groups in total. The Labute approximate surface area is 110 Å². The Morgan fingerprint density at radius 3 is 2.21 bits per heavy atom. The number of carbonyl (C=O) groups excluding carboxylic acids is 2. The van der Waals surface area contributed by atoms with Crippen molar-refractivity contribution in [1.29, 1.82) is 0 Å². The molecule has 0 bridgehead atoms. The van der Waals surface area contributed by atoms with Gasteiger partial charge in [-0.3, -0.25) is 14.5 Å². The second kappa shape index (κ2) is 4.50. The molecule has 0 spiro atoms. The third-order valence-corrected chi connectivity index (χ3v) is 3.54. The first-order chi connectivity index (χ1) is 8.84. The highest BCUT2D eigenvalue weighted by Gasteiger charge is 2.39. The van der Waals surface area contributed by atoms with E-state index >= 15 is 0 Å². The van der Waals surface area contributed by atoms with Crippen LogP contribution in [0.3, 0.4) is 0 Å². The molecule has 2 rings (SSSR count). The number of amides is 2. The number of carbonyl (C=O) groups is 3. The van der Waals surface area contributed by atoms with Crippen LogP contribution >= 0.6 is 0 Å². The maximum Gasteiger partial charge on any atom is 0.335 e. The van der Waals surface area contributed by atoms with Crippen molar-refractivity contribution >= 4 is 17.8 Å². The number of carboxylic acids is 1. The third kappa shape index (κ3) is 2.01. The van der Waals surface area contributed by atoms with E-state index in [4.69, 9.17) is 5.11 Å². The number of carboxylic acid groups (broad SMARTS) is 1. The van der Waals surface area contributed by atoms with Gasteiger partial charge in [-0.15, -0.1) is 0 Å². The average Bonchev–Trinajstić information content (AvgIpc) is 2.60. The minimum atomic E-state index is -1.11. The van der Waals surface area contributed by atoms with Gasteiger partial charge in [0.25, 0.3) is 11.8 Å². The highest BCUT2D eigenvalue weighted by molar-refractivity contribution is 6.22. The van der Waals surface area contributed by atoms with Gasteiger partial charge in [0.2, 0.25) is 0 Å². The van der Waals surface area contributed by atoms with Crippen molar-refractivity contribution < 1.29 is 19.5 Å². The molecule has 19 heavy (non-hydrogen) atoms. The van der Waals surface area contributed by atoms with Crippen molar-refractivity contribution in [3.05, 3.63) is 34.9 Å². The van der Waals surface area contributed by atoms with E-state index < -0.39 is 11.9 Å². The Balaban J connectivity index is 2.47. The highest BCUT2D eigenvalue weighted by atomic mass is 16.4. The van der Waals surface area contributed by atoms with Crippen LogP contribution in [0.1, 0.15) is 51.8 Å². The SMILES string of the molecule is CC(C)C(C)N1C(=O)c2ccc(C(=O)O)cc2C1=O. The lowest BCUT2D eigenvalue weighted by atomic mass is 10.1. The maximum absolute atomic E-state index is 12.2. The molecule has 1 unspecified atom stereocenters. The average molecular weight is 261 g/mol. The predicted octanol–water partition coefficient (Wildman–Crippen LogP) is 2.03. The van der Waals surface area contributed by atoms with Gasteiger partial charge < -0.3 is 5.11 Å². The summed E-state index contributed by atoms with van der Waals surface area (Å²) in [4.78, 5) is 36.5. The Bertz CT molecular complexity index is 577. The fourth-order valence-electron chi connectivity index (χ4n) is 2.06. The van der Waals surface area contributed by atoms with Gasteiger partial charge >= 0.3 is 5.97 Å². The van der Waals surface area contributed by atoms with Gasteiger partial charge in [0.1, 0.15) is 0 Å². The third-order valence-electron chi connectivity index (χ3n) is 3.54. The van der Waals surface area contributed by atoms with Crippen LogP contribution in [-0.4, -0.2) is 33.8 Å². The topological polar surface area (TPSA) is 74.7 Å². The van der Waals surface area contributed by atoms with Gasteiger partial charge in [-0.1, -0.05) is 13.8 Å². The van der Waals surface area contributed by atoms with E-state index in [0.29, 0.717) is 0 Å². The van der Waals surface area contributed by atoms with Crippen LogP contribution in [0.25, 0.3) is 0 Å². The lowest BCUT2D eigenvalue weighted by Crippen LogP contribution is -2.40. The van der Waals surface area contributed by atoms with Crippen LogP contribution in [0.4, 0.5) is 0 Å². The number of benzene rings is 1. The van der Waals surface area contributed by atoms with Crippen molar-refractivity contribution in [2.24, 2.45) is 5.92 Å². The largest absolute Gasteiger partial charge is 0.478 e. The molecule has 0 fully saturated rings. The van der Waals surface area contributed by atoms with E-state index in [-0.39, 0.29) is 34.6 Å². The highest BCUT2D eigenvalue weighted by Crippen LogP contribution is 2.27. The van der Waals surface area contributed by atoms with Gasteiger partial charge in [-0.05, 0) is 31.0 Å². The zero-order valence-electron chi connectivity index (χ0n) is 11.0. The van der Waals surface area contributed by atoms with E-state index in [9.17, 15) is 14.4 Å². The zero-order valence-corrected chi connectivity index (χ0v) is 11.0. The summed E-state index contributed by atoms with van der Waals surface area (Å²) in [5, 5.41) is 8.92. The summed E-state index contributed by atoms with van der Waals surface area (Å²) < 4.78 is 0. The van der Waals surface area contributed by atoms with Gasteiger partial charge in [-0.2, -0.15) is 0 Å². The number of aromatic carboxylic acids is 1. The molecule has 1 atom stereocenters. The molecule has 1 aliphatic heterocycles. The Morgan fingerprint density at radius 1 is 1.11 bits per heavy atom. The smallest absolute Gasteiger partial charge is 0.335 e. The van der Waals surface area contributed by atoms with E-state index in [1.165, 1.54) is 23.1 Å². The summed E-state index contributed by atoms with van der Waals surface area (Å²) in [6.45, 7) is 5.66. The summed E-state index contributed by atoms with van der Waals surface area (Å²) >= 11 is 0. The molecular formula is C14H15NO4.